The predicted octanol–water partition coefficient (Wildman–Crippen LogP) is 8.90. The van der Waals surface area contributed by atoms with Crippen molar-refractivity contribution in [2.75, 3.05) is 6.61 Å². The summed E-state index contributed by atoms with van der Waals surface area (Å²) >= 11 is 0. The summed E-state index contributed by atoms with van der Waals surface area (Å²) in [5, 5.41) is 33.1. The molecule has 0 spiro atoms. The quantitative estimate of drug-likeness (QED) is 0.0491. The number of esters is 2. The number of hydrogen-bond acceptors (Lipinski definition) is 9. The molecule has 1 aliphatic heterocycles. The first kappa shape index (κ1) is 41.3. The van der Waals surface area contributed by atoms with Crippen molar-refractivity contribution in [2.24, 2.45) is 39.3 Å². The fourth-order valence-electron chi connectivity index (χ4n) is 10.3. The normalized spacial score (nSPS) is 32.7. The Kier molecular flexibility index (Phi) is 13.2. The summed E-state index contributed by atoms with van der Waals surface area (Å²) in [7, 11) is 0. The van der Waals surface area contributed by atoms with Gasteiger partial charge in [-0.25, -0.2) is 0 Å². The van der Waals surface area contributed by atoms with Crippen molar-refractivity contribution < 1.29 is 34.1 Å². The minimum Gasteiger partial charge on any atom is -0.461 e. The van der Waals surface area contributed by atoms with Crippen LogP contribution in [0.5, 0.6) is 0 Å². The summed E-state index contributed by atoms with van der Waals surface area (Å²) in [6, 6.07) is 0. The Morgan fingerprint density at radius 1 is 0.906 bits per heavy atom. The monoisotopic (exact) mass is 734 g/mol. The van der Waals surface area contributed by atoms with E-state index in [1.807, 2.05) is 13.0 Å². The van der Waals surface area contributed by atoms with Gasteiger partial charge in [-0.15, -0.1) is 12.3 Å². The molecule has 5 aliphatic rings. The zero-order chi connectivity index (χ0) is 38.5. The Bertz CT molecular complexity index is 1480. The third-order valence-electron chi connectivity index (χ3n) is 13.7. The van der Waals surface area contributed by atoms with Gasteiger partial charge in [-0.05, 0) is 36.8 Å². The molecule has 0 unspecified atom stereocenters. The summed E-state index contributed by atoms with van der Waals surface area (Å²) in [5.41, 5.74) is -4.17. The van der Waals surface area contributed by atoms with Crippen molar-refractivity contribution in [3.63, 3.8) is 0 Å². The number of Topliss-reactive ketones (excluding diaryl/α,β-unsaturated/α-hetero) is 1. The second-order valence-electron chi connectivity index (χ2n) is 17.7. The van der Waals surface area contributed by atoms with E-state index in [0.29, 0.717) is 43.3 Å². The molecule has 0 radical (unpaired) electrons. The van der Waals surface area contributed by atoms with Crippen LogP contribution < -0.4 is 0 Å². The summed E-state index contributed by atoms with van der Waals surface area (Å²) in [4.78, 5) is 39.9. The molecule has 0 aromatic heterocycles. The molecule has 9 heteroatoms. The van der Waals surface area contributed by atoms with E-state index < -0.39 is 57.4 Å². The number of terminal acetylenes is 1. The van der Waals surface area contributed by atoms with Gasteiger partial charge in [0.2, 0.25) is 0 Å². The molecule has 53 heavy (non-hydrogen) atoms. The van der Waals surface area contributed by atoms with Crippen LogP contribution in [0.4, 0.5) is 0 Å². The van der Waals surface area contributed by atoms with Crippen LogP contribution in [0, 0.1) is 41.4 Å². The van der Waals surface area contributed by atoms with Crippen molar-refractivity contribution in [1.29, 1.82) is 0 Å². The van der Waals surface area contributed by atoms with Crippen molar-refractivity contribution >= 4 is 17.7 Å². The molecular formula is C44H66N2O7. The lowest BCUT2D eigenvalue weighted by Gasteiger charge is -2.50. The first-order chi connectivity index (χ1) is 25.2. The highest BCUT2D eigenvalue weighted by atomic mass is 16.6. The van der Waals surface area contributed by atoms with E-state index in [2.05, 4.69) is 36.9 Å². The highest BCUT2D eigenvalue weighted by molar-refractivity contribution is 6.04. The zero-order valence-electron chi connectivity index (χ0n) is 33.2. The maximum atomic E-state index is 13.6. The van der Waals surface area contributed by atoms with E-state index in [4.69, 9.17) is 15.9 Å². The van der Waals surface area contributed by atoms with E-state index >= 15 is 0 Å². The number of rotatable bonds is 22. The number of aliphatic hydroxyl groups is 2. The number of hydrogen-bond donors (Lipinski definition) is 2. The second kappa shape index (κ2) is 16.9. The van der Waals surface area contributed by atoms with Gasteiger partial charge in [0.15, 0.2) is 11.4 Å². The molecule has 0 bridgehead atoms. The molecule has 5 rings (SSSR count). The second-order valence-corrected chi connectivity index (χ2v) is 17.7. The van der Waals surface area contributed by atoms with Gasteiger partial charge in [-0.2, -0.15) is 10.2 Å². The van der Waals surface area contributed by atoms with E-state index in [1.165, 1.54) is 64.2 Å². The predicted molar refractivity (Wildman–Crippen MR) is 204 cm³/mol. The van der Waals surface area contributed by atoms with Gasteiger partial charge in [-0.1, -0.05) is 117 Å². The summed E-state index contributed by atoms with van der Waals surface area (Å²) < 4.78 is 12.2. The van der Waals surface area contributed by atoms with E-state index in [1.54, 1.807) is 13.0 Å². The highest BCUT2D eigenvalue weighted by Crippen LogP contribution is 2.76. The molecule has 0 aromatic rings. The lowest BCUT2D eigenvalue weighted by molar-refractivity contribution is -0.187. The van der Waals surface area contributed by atoms with Gasteiger partial charge in [0.05, 0.1) is 5.60 Å². The number of fused-ring (bicyclic) bond motifs is 5. The number of nitrogens with zero attached hydrogens (tertiary/aromatic N) is 2. The molecule has 0 saturated heterocycles. The molecule has 0 amide bonds. The Balaban J connectivity index is 1.19. The zero-order valence-corrected chi connectivity index (χ0v) is 33.2. The summed E-state index contributed by atoms with van der Waals surface area (Å²) in [5.74, 6) is -0.484. The topological polar surface area (TPSA) is 135 Å². The minimum atomic E-state index is -1.87. The van der Waals surface area contributed by atoms with Crippen LogP contribution in [0.25, 0.3) is 0 Å². The first-order valence-electron chi connectivity index (χ1n) is 20.8. The van der Waals surface area contributed by atoms with Gasteiger partial charge in [-0.3, -0.25) is 14.4 Å². The van der Waals surface area contributed by atoms with Crippen molar-refractivity contribution in [1.82, 2.24) is 0 Å². The van der Waals surface area contributed by atoms with Gasteiger partial charge in [0.1, 0.15) is 17.8 Å². The molecule has 9 nitrogen and oxygen atoms in total. The van der Waals surface area contributed by atoms with Crippen molar-refractivity contribution in [2.45, 2.75) is 186 Å². The van der Waals surface area contributed by atoms with E-state index in [9.17, 15) is 24.6 Å². The van der Waals surface area contributed by atoms with Gasteiger partial charge < -0.3 is 19.7 Å². The summed E-state index contributed by atoms with van der Waals surface area (Å²) in [6.07, 6.45) is 27.5. The van der Waals surface area contributed by atoms with Crippen LogP contribution in [-0.2, 0) is 23.9 Å². The van der Waals surface area contributed by atoms with Gasteiger partial charge in [0.25, 0.3) is 0 Å². The molecule has 0 aromatic carbocycles. The Labute approximate surface area is 318 Å². The molecular weight excluding hydrogens is 668 g/mol. The Morgan fingerprint density at radius 2 is 1.51 bits per heavy atom. The molecule has 2 N–H and O–H groups in total. The number of carbonyl (C=O) groups is 3. The molecule has 7 atom stereocenters. The Hall–Kier alpha value is -2.83. The van der Waals surface area contributed by atoms with Crippen LogP contribution in [-0.4, -0.2) is 57.0 Å². The fraction of sp³-hybridized carbons (Fsp3) is 0.795. The van der Waals surface area contributed by atoms with E-state index in [-0.39, 0.29) is 31.3 Å². The lowest BCUT2D eigenvalue weighted by Crippen LogP contribution is -2.61. The SMILES string of the molecule is C#CCCC1(CCC(=O)OCC2=C[C@H]3[C@@H]4C(C)(C)[C@]4(OC(=O)CCCCCCCCCCCCCCC)C[C@@H](C)[C@]3(O)[C@@H]3C=C(C)C(=O)[C@@]3(O)C2)N=N1. The lowest BCUT2D eigenvalue weighted by atomic mass is 9.60. The Morgan fingerprint density at radius 3 is 2.09 bits per heavy atom. The fourth-order valence-corrected chi connectivity index (χ4v) is 10.3. The number of carbonyl (C=O) groups excluding carboxylic acids is 3. The largest absolute Gasteiger partial charge is 0.461 e. The van der Waals surface area contributed by atoms with E-state index in [0.717, 1.165) is 19.3 Å². The summed E-state index contributed by atoms with van der Waals surface area (Å²) in [6.45, 7) is 9.93. The maximum Gasteiger partial charge on any atom is 0.306 e. The van der Waals surface area contributed by atoms with Crippen LogP contribution in [0.1, 0.15) is 163 Å². The molecule has 4 aliphatic carbocycles. The molecule has 1 heterocycles. The van der Waals surface area contributed by atoms with Crippen LogP contribution in [0.15, 0.2) is 33.5 Å². The van der Waals surface area contributed by atoms with Crippen LogP contribution in [0.3, 0.4) is 0 Å². The highest BCUT2D eigenvalue weighted by Gasteiger charge is 2.83. The molecule has 294 valence electrons. The smallest absolute Gasteiger partial charge is 0.306 e. The standard InChI is InChI=1S/C44H66N2O7/c1-7-9-11-12-13-14-15-16-17-18-19-20-21-22-37(48)53-43-28-32(4)44(51)34(38(43)40(43,5)6)27-33(29-42(50)35(44)26-31(3)39(42)49)30-52-36(47)23-25-41(45-46-41)24-10-8-2/h2,26-27,32,34-35,38,50-51H,7,9-25,28-30H2,1,3-6H3/t32-,34+,35-,38-,42-,43+,44-/m1/s1. The van der Waals surface area contributed by atoms with Crippen LogP contribution >= 0.6 is 0 Å². The third kappa shape index (κ3) is 8.54. The average molecular weight is 735 g/mol. The number of unbranched alkanes of at least 4 members (excludes halogenated alkanes) is 12. The van der Waals surface area contributed by atoms with Crippen molar-refractivity contribution in [3.8, 4) is 12.3 Å². The minimum absolute atomic E-state index is 0.0566. The number of ketones is 1. The van der Waals surface area contributed by atoms with Crippen molar-refractivity contribution in [3.05, 3.63) is 23.3 Å². The maximum absolute atomic E-state index is 13.6. The van der Waals surface area contributed by atoms with Gasteiger partial charge in [0, 0.05) is 61.7 Å². The number of ether oxygens (including phenoxy) is 2. The first-order valence-corrected chi connectivity index (χ1v) is 20.8. The third-order valence-corrected chi connectivity index (χ3v) is 13.7. The molecule has 2 saturated carbocycles. The van der Waals surface area contributed by atoms with Crippen LogP contribution in [0.2, 0.25) is 0 Å². The molecule has 2 fully saturated rings. The average Bonchev–Trinajstić information content (AvgIpc) is 3.97. The van der Waals surface area contributed by atoms with Gasteiger partial charge >= 0.3 is 11.9 Å².